The van der Waals surface area contributed by atoms with E-state index in [0.29, 0.717) is 24.7 Å². The lowest BCUT2D eigenvalue weighted by molar-refractivity contribution is -0.137. The summed E-state index contributed by atoms with van der Waals surface area (Å²) in [6, 6.07) is 4.92. The van der Waals surface area contributed by atoms with Crippen LogP contribution >= 0.6 is 0 Å². The molecule has 0 N–H and O–H groups in total. The van der Waals surface area contributed by atoms with Gasteiger partial charge in [0.2, 0.25) is 0 Å². The van der Waals surface area contributed by atoms with E-state index in [2.05, 4.69) is 18.7 Å². The summed E-state index contributed by atoms with van der Waals surface area (Å²) in [5.41, 5.74) is -0.421. The lowest BCUT2D eigenvalue weighted by atomic mass is 10.1. The lowest BCUT2D eigenvalue weighted by Gasteiger charge is -2.37. The molecular weight excluding hydrogens is 293 g/mol. The molecule has 122 valence electrons. The average molecular weight is 314 g/mol. The molecule has 1 atom stereocenters. The number of amides is 1. The van der Waals surface area contributed by atoms with Crippen molar-refractivity contribution in [3.05, 3.63) is 35.4 Å². The van der Waals surface area contributed by atoms with Crippen LogP contribution in [0, 0.1) is 0 Å². The van der Waals surface area contributed by atoms with Crippen LogP contribution in [0.4, 0.5) is 13.2 Å². The topological polar surface area (TPSA) is 23.6 Å². The van der Waals surface area contributed by atoms with Gasteiger partial charge < -0.3 is 4.90 Å². The van der Waals surface area contributed by atoms with E-state index in [9.17, 15) is 18.0 Å². The van der Waals surface area contributed by atoms with E-state index in [0.717, 1.165) is 31.6 Å². The van der Waals surface area contributed by atoms with Gasteiger partial charge in [0.25, 0.3) is 5.91 Å². The normalized spacial score (nSPS) is 18.3. The van der Waals surface area contributed by atoms with Crippen LogP contribution < -0.4 is 0 Å². The second kappa shape index (κ2) is 6.69. The molecular formula is C16H21F3N2O. The van der Waals surface area contributed by atoms with Crippen LogP contribution in [-0.2, 0) is 6.18 Å². The van der Waals surface area contributed by atoms with Gasteiger partial charge in [0.1, 0.15) is 0 Å². The Morgan fingerprint density at radius 3 is 2.14 bits per heavy atom. The van der Waals surface area contributed by atoms with Gasteiger partial charge in [-0.05, 0) is 37.6 Å². The Bertz CT molecular complexity index is 505. The summed E-state index contributed by atoms with van der Waals surface area (Å²) in [6.07, 6.45) is -3.31. The first kappa shape index (κ1) is 16.8. The Hall–Kier alpha value is -1.56. The smallest absolute Gasteiger partial charge is 0.336 e. The number of halogens is 3. The fourth-order valence-corrected chi connectivity index (χ4v) is 2.61. The molecule has 1 unspecified atom stereocenters. The molecule has 0 aliphatic carbocycles. The minimum Gasteiger partial charge on any atom is -0.336 e. The zero-order valence-corrected chi connectivity index (χ0v) is 12.9. The number of carbonyl (C=O) groups is 1. The van der Waals surface area contributed by atoms with E-state index in [1.807, 2.05) is 0 Å². The highest BCUT2D eigenvalue weighted by molar-refractivity contribution is 5.94. The average Bonchev–Trinajstić information content (AvgIpc) is 2.53. The van der Waals surface area contributed by atoms with Crippen molar-refractivity contribution in [3.8, 4) is 0 Å². The van der Waals surface area contributed by atoms with Gasteiger partial charge in [0, 0.05) is 37.8 Å². The van der Waals surface area contributed by atoms with Gasteiger partial charge in [-0.1, -0.05) is 6.92 Å². The molecule has 1 aliphatic rings. The molecule has 6 heteroatoms. The molecule has 0 bridgehead atoms. The Labute approximate surface area is 128 Å². The lowest BCUT2D eigenvalue weighted by Crippen LogP contribution is -2.51. The van der Waals surface area contributed by atoms with Crippen molar-refractivity contribution in [2.45, 2.75) is 32.5 Å². The van der Waals surface area contributed by atoms with Crippen LogP contribution in [0.2, 0.25) is 0 Å². The van der Waals surface area contributed by atoms with Crippen LogP contribution in [-0.4, -0.2) is 47.9 Å². The van der Waals surface area contributed by atoms with Gasteiger partial charge in [-0.15, -0.1) is 0 Å². The van der Waals surface area contributed by atoms with Crippen molar-refractivity contribution in [3.63, 3.8) is 0 Å². The summed E-state index contributed by atoms with van der Waals surface area (Å²) in [5, 5.41) is 0. The van der Waals surface area contributed by atoms with Crippen LogP contribution in [0.1, 0.15) is 36.2 Å². The molecule has 1 amide bonds. The summed E-state index contributed by atoms with van der Waals surface area (Å²) >= 11 is 0. The summed E-state index contributed by atoms with van der Waals surface area (Å²) in [5.74, 6) is -0.197. The van der Waals surface area contributed by atoms with Crippen LogP contribution in [0.5, 0.6) is 0 Å². The molecule has 0 spiro atoms. The molecule has 1 fully saturated rings. The number of hydrogen-bond acceptors (Lipinski definition) is 2. The molecule has 0 saturated carbocycles. The second-order valence-electron chi connectivity index (χ2n) is 5.66. The first-order valence-corrected chi connectivity index (χ1v) is 7.53. The highest BCUT2D eigenvalue weighted by Crippen LogP contribution is 2.29. The van der Waals surface area contributed by atoms with Gasteiger partial charge in [0.05, 0.1) is 5.56 Å². The quantitative estimate of drug-likeness (QED) is 0.855. The van der Waals surface area contributed by atoms with E-state index in [-0.39, 0.29) is 5.91 Å². The van der Waals surface area contributed by atoms with Crippen molar-refractivity contribution >= 4 is 5.91 Å². The van der Waals surface area contributed by atoms with Gasteiger partial charge in [-0.2, -0.15) is 13.2 Å². The predicted molar refractivity (Wildman–Crippen MR) is 78.7 cm³/mol. The maximum atomic E-state index is 12.5. The maximum absolute atomic E-state index is 12.5. The molecule has 1 saturated heterocycles. The molecule has 2 rings (SSSR count). The molecule has 1 aliphatic heterocycles. The Balaban J connectivity index is 1.98. The monoisotopic (exact) mass is 314 g/mol. The number of alkyl halides is 3. The molecule has 0 aromatic heterocycles. The standard InChI is InChI=1S/C16H21F3N2O/c1-3-12(2)20-8-10-21(11-9-20)15(22)13-4-6-14(7-5-13)16(17,18)19/h4-7,12H,3,8-11H2,1-2H3. The Morgan fingerprint density at radius 1 is 1.14 bits per heavy atom. The fourth-order valence-electron chi connectivity index (χ4n) is 2.61. The van der Waals surface area contributed by atoms with Gasteiger partial charge in [-0.3, -0.25) is 9.69 Å². The van der Waals surface area contributed by atoms with Gasteiger partial charge in [0.15, 0.2) is 0 Å². The first-order valence-electron chi connectivity index (χ1n) is 7.53. The van der Waals surface area contributed by atoms with Gasteiger partial charge in [-0.25, -0.2) is 0 Å². The number of carbonyl (C=O) groups excluding carboxylic acids is 1. The van der Waals surface area contributed by atoms with Crippen molar-refractivity contribution in [1.82, 2.24) is 9.80 Å². The summed E-state index contributed by atoms with van der Waals surface area (Å²) < 4.78 is 37.6. The summed E-state index contributed by atoms with van der Waals surface area (Å²) in [7, 11) is 0. The SMILES string of the molecule is CCC(C)N1CCN(C(=O)c2ccc(C(F)(F)F)cc2)CC1. The Kier molecular flexibility index (Phi) is 5.11. The summed E-state index contributed by atoms with van der Waals surface area (Å²) in [6.45, 7) is 7.13. The minimum absolute atomic E-state index is 0.197. The highest BCUT2D eigenvalue weighted by Gasteiger charge is 2.30. The second-order valence-corrected chi connectivity index (χ2v) is 5.66. The van der Waals surface area contributed by atoms with E-state index < -0.39 is 11.7 Å². The Morgan fingerprint density at radius 2 is 1.68 bits per heavy atom. The number of hydrogen-bond donors (Lipinski definition) is 0. The number of piperazine rings is 1. The fraction of sp³-hybridized carbons (Fsp3) is 0.562. The zero-order chi connectivity index (χ0) is 16.3. The van der Waals surface area contributed by atoms with Crippen molar-refractivity contribution in [2.24, 2.45) is 0 Å². The van der Waals surface area contributed by atoms with Crippen molar-refractivity contribution in [2.75, 3.05) is 26.2 Å². The van der Waals surface area contributed by atoms with Crippen molar-refractivity contribution in [1.29, 1.82) is 0 Å². The number of benzene rings is 1. The summed E-state index contributed by atoms with van der Waals surface area (Å²) in [4.78, 5) is 16.4. The maximum Gasteiger partial charge on any atom is 0.416 e. The molecule has 0 radical (unpaired) electrons. The zero-order valence-electron chi connectivity index (χ0n) is 12.9. The van der Waals surface area contributed by atoms with E-state index in [1.54, 1.807) is 4.90 Å². The van der Waals surface area contributed by atoms with Crippen LogP contribution in [0.25, 0.3) is 0 Å². The highest BCUT2D eigenvalue weighted by atomic mass is 19.4. The molecule has 1 aromatic rings. The third-order valence-corrected chi connectivity index (χ3v) is 4.27. The molecule has 1 heterocycles. The largest absolute Gasteiger partial charge is 0.416 e. The molecule has 1 aromatic carbocycles. The van der Waals surface area contributed by atoms with Crippen LogP contribution in [0.3, 0.4) is 0 Å². The van der Waals surface area contributed by atoms with Crippen molar-refractivity contribution < 1.29 is 18.0 Å². The van der Waals surface area contributed by atoms with E-state index in [4.69, 9.17) is 0 Å². The third kappa shape index (κ3) is 3.80. The molecule has 22 heavy (non-hydrogen) atoms. The molecule has 3 nitrogen and oxygen atoms in total. The number of nitrogens with zero attached hydrogens (tertiary/aromatic N) is 2. The number of rotatable bonds is 3. The van der Waals surface area contributed by atoms with E-state index >= 15 is 0 Å². The first-order chi connectivity index (χ1) is 10.3. The predicted octanol–water partition coefficient (Wildman–Crippen LogP) is 3.26. The van der Waals surface area contributed by atoms with E-state index in [1.165, 1.54) is 12.1 Å². The van der Waals surface area contributed by atoms with Gasteiger partial charge >= 0.3 is 6.18 Å². The third-order valence-electron chi connectivity index (χ3n) is 4.27. The van der Waals surface area contributed by atoms with Crippen LogP contribution in [0.15, 0.2) is 24.3 Å². The minimum atomic E-state index is -4.37.